The smallest absolute Gasteiger partial charge is 0.0650 e. The predicted molar refractivity (Wildman–Crippen MR) is 61.1 cm³/mol. The molecule has 1 aromatic heterocycles. The first-order valence-corrected chi connectivity index (χ1v) is 5.99. The number of hydrogen-bond acceptors (Lipinski definition) is 3. The normalized spacial score (nSPS) is 27.2. The number of rotatable bonds is 4. The molecule has 0 saturated carbocycles. The molecule has 4 heteroatoms. The van der Waals surface area contributed by atoms with Crippen molar-refractivity contribution in [3.05, 3.63) is 18.0 Å². The minimum absolute atomic E-state index is 0.221. The summed E-state index contributed by atoms with van der Waals surface area (Å²) in [4.78, 5) is 0. The zero-order valence-corrected chi connectivity index (χ0v) is 9.97. The Morgan fingerprint density at radius 1 is 1.69 bits per heavy atom. The molecule has 0 bridgehead atoms. The number of hydrogen-bond donors (Lipinski definition) is 1. The molecule has 3 unspecified atom stereocenters. The Balaban J connectivity index is 1.94. The molecule has 3 atom stereocenters. The summed E-state index contributed by atoms with van der Waals surface area (Å²) in [7, 11) is 1.89. The van der Waals surface area contributed by atoms with Gasteiger partial charge < -0.3 is 9.84 Å². The van der Waals surface area contributed by atoms with Crippen LogP contribution in [0.1, 0.15) is 25.5 Å². The molecule has 1 N–H and O–H groups in total. The van der Waals surface area contributed by atoms with Gasteiger partial charge in [0.05, 0.1) is 17.9 Å². The zero-order valence-electron chi connectivity index (χ0n) is 9.97. The van der Waals surface area contributed by atoms with Crippen LogP contribution in [0.3, 0.4) is 0 Å². The molecule has 1 aliphatic rings. The average molecular weight is 224 g/mol. The topological polar surface area (TPSA) is 47.3 Å². The van der Waals surface area contributed by atoms with Gasteiger partial charge in [0, 0.05) is 32.2 Å². The van der Waals surface area contributed by atoms with E-state index in [1.54, 1.807) is 4.68 Å². The van der Waals surface area contributed by atoms with Gasteiger partial charge in [0.15, 0.2) is 0 Å². The van der Waals surface area contributed by atoms with E-state index >= 15 is 0 Å². The van der Waals surface area contributed by atoms with Crippen molar-refractivity contribution >= 4 is 0 Å². The summed E-state index contributed by atoms with van der Waals surface area (Å²) in [6.07, 6.45) is 4.37. The van der Waals surface area contributed by atoms with Gasteiger partial charge in [-0.1, -0.05) is 6.92 Å². The lowest BCUT2D eigenvalue weighted by Gasteiger charge is -2.21. The highest BCUT2D eigenvalue weighted by atomic mass is 16.5. The summed E-state index contributed by atoms with van der Waals surface area (Å²) in [6, 6.07) is 1.96. The number of aliphatic hydroxyl groups is 1. The second-order valence-electron chi connectivity index (χ2n) is 4.52. The van der Waals surface area contributed by atoms with Crippen LogP contribution in [0.5, 0.6) is 0 Å². The van der Waals surface area contributed by atoms with Crippen molar-refractivity contribution in [1.29, 1.82) is 0 Å². The number of nitrogens with zero attached hydrogens (tertiary/aromatic N) is 2. The van der Waals surface area contributed by atoms with Crippen LogP contribution in [0.15, 0.2) is 12.3 Å². The number of ether oxygens (including phenoxy) is 1. The van der Waals surface area contributed by atoms with Crippen molar-refractivity contribution in [2.75, 3.05) is 6.61 Å². The molecule has 16 heavy (non-hydrogen) atoms. The van der Waals surface area contributed by atoms with Crippen LogP contribution in [0.4, 0.5) is 0 Å². The third-order valence-corrected chi connectivity index (χ3v) is 3.34. The van der Waals surface area contributed by atoms with E-state index in [0.717, 1.165) is 25.1 Å². The molecule has 0 amide bonds. The standard InChI is InChI=1S/C12H20N2O2/c1-3-12-10(5-7-16-12)11(15)8-9-4-6-14(2)13-9/h4,6,10-12,15H,3,5,7-8H2,1-2H3. The highest BCUT2D eigenvalue weighted by molar-refractivity contribution is 5.01. The van der Waals surface area contributed by atoms with E-state index in [-0.39, 0.29) is 18.1 Å². The quantitative estimate of drug-likeness (QED) is 0.834. The maximum absolute atomic E-state index is 10.2. The second-order valence-corrected chi connectivity index (χ2v) is 4.52. The van der Waals surface area contributed by atoms with E-state index in [1.165, 1.54) is 0 Å². The Hall–Kier alpha value is -0.870. The Kier molecular flexibility index (Phi) is 3.61. The fourth-order valence-electron chi connectivity index (χ4n) is 2.46. The number of aromatic nitrogens is 2. The van der Waals surface area contributed by atoms with Crippen molar-refractivity contribution in [3.63, 3.8) is 0 Å². The summed E-state index contributed by atoms with van der Waals surface area (Å²) in [6.45, 7) is 2.89. The SMILES string of the molecule is CCC1OCCC1C(O)Cc1ccn(C)n1. The first-order chi connectivity index (χ1) is 7.70. The van der Waals surface area contributed by atoms with Crippen molar-refractivity contribution in [2.24, 2.45) is 13.0 Å². The zero-order chi connectivity index (χ0) is 11.5. The van der Waals surface area contributed by atoms with Crippen molar-refractivity contribution in [1.82, 2.24) is 9.78 Å². The van der Waals surface area contributed by atoms with Crippen LogP contribution >= 0.6 is 0 Å². The lowest BCUT2D eigenvalue weighted by atomic mass is 9.91. The van der Waals surface area contributed by atoms with Crippen LogP contribution < -0.4 is 0 Å². The molecular weight excluding hydrogens is 204 g/mol. The first-order valence-electron chi connectivity index (χ1n) is 5.99. The Labute approximate surface area is 96.2 Å². The van der Waals surface area contributed by atoms with Crippen molar-refractivity contribution in [2.45, 2.75) is 38.4 Å². The average Bonchev–Trinajstić information content (AvgIpc) is 2.86. The monoisotopic (exact) mass is 224 g/mol. The summed E-state index contributed by atoms with van der Waals surface area (Å²) >= 11 is 0. The fraction of sp³-hybridized carbons (Fsp3) is 0.750. The van der Waals surface area contributed by atoms with Crippen LogP contribution in [-0.4, -0.2) is 33.7 Å². The summed E-state index contributed by atoms with van der Waals surface area (Å²) in [5.74, 6) is 0.270. The number of aryl methyl sites for hydroxylation is 1. The van der Waals surface area contributed by atoms with Gasteiger partial charge in [0.25, 0.3) is 0 Å². The molecule has 0 spiro atoms. The molecule has 0 aliphatic carbocycles. The van der Waals surface area contributed by atoms with E-state index in [4.69, 9.17) is 4.74 Å². The Morgan fingerprint density at radius 3 is 3.12 bits per heavy atom. The summed E-state index contributed by atoms with van der Waals surface area (Å²) in [5.41, 5.74) is 0.955. The van der Waals surface area contributed by atoms with Gasteiger partial charge in [0.1, 0.15) is 0 Å². The molecule has 2 heterocycles. The second kappa shape index (κ2) is 4.97. The highest BCUT2D eigenvalue weighted by Crippen LogP contribution is 2.27. The number of aliphatic hydroxyl groups excluding tert-OH is 1. The summed E-state index contributed by atoms with van der Waals surface area (Å²) < 4.78 is 7.36. The fourth-order valence-corrected chi connectivity index (χ4v) is 2.46. The van der Waals surface area contributed by atoms with Crippen LogP contribution in [0.25, 0.3) is 0 Å². The van der Waals surface area contributed by atoms with Gasteiger partial charge >= 0.3 is 0 Å². The van der Waals surface area contributed by atoms with Crippen LogP contribution in [0.2, 0.25) is 0 Å². The highest BCUT2D eigenvalue weighted by Gasteiger charge is 2.32. The molecule has 1 fully saturated rings. The van der Waals surface area contributed by atoms with E-state index in [2.05, 4.69) is 12.0 Å². The van der Waals surface area contributed by atoms with Crippen molar-refractivity contribution < 1.29 is 9.84 Å². The maximum atomic E-state index is 10.2. The van der Waals surface area contributed by atoms with Gasteiger partial charge in [-0.3, -0.25) is 4.68 Å². The lowest BCUT2D eigenvalue weighted by Crippen LogP contribution is -2.29. The van der Waals surface area contributed by atoms with Gasteiger partial charge in [-0.25, -0.2) is 0 Å². The first kappa shape index (κ1) is 11.6. The summed E-state index contributed by atoms with van der Waals surface area (Å²) in [5, 5.41) is 14.5. The molecule has 90 valence electrons. The van der Waals surface area contributed by atoms with Crippen LogP contribution in [0, 0.1) is 5.92 Å². The van der Waals surface area contributed by atoms with E-state index in [9.17, 15) is 5.11 Å². The van der Waals surface area contributed by atoms with Gasteiger partial charge in [-0.05, 0) is 18.9 Å². The van der Waals surface area contributed by atoms with Gasteiger partial charge in [-0.15, -0.1) is 0 Å². The third kappa shape index (κ3) is 2.44. The molecular formula is C12H20N2O2. The van der Waals surface area contributed by atoms with Gasteiger partial charge in [0.2, 0.25) is 0 Å². The third-order valence-electron chi connectivity index (χ3n) is 3.34. The minimum atomic E-state index is -0.331. The maximum Gasteiger partial charge on any atom is 0.0650 e. The van der Waals surface area contributed by atoms with E-state index in [0.29, 0.717) is 6.42 Å². The Morgan fingerprint density at radius 2 is 2.50 bits per heavy atom. The van der Waals surface area contributed by atoms with E-state index < -0.39 is 0 Å². The van der Waals surface area contributed by atoms with Crippen molar-refractivity contribution in [3.8, 4) is 0 Å². The molecule has 0 aromatic carbocycles. The molecule has 1 aromatic rings. The minimum Gasteiger partial charge on any atom is -0.392 e. The molecule has 2 rings (SSSR count). The molecule has 1 saturated heterocycles. The molecule has 4 nitrogen and oxygen atoms in total. The molecule has 0 radical (unpaired) electrons. The molecule has 1 aliphatic heterocycles. The lowest BCUT2D eigenvalue weighted by molar-refractivity contribution is 0.0313. The predicted octanol–water partition coefficient (Wildman–Crippen LogP) is 1.14. The largest absolute Gasteiger partial charge is 0.392 e. The van der Waals surface area contributed by atoms with E-state index in [1.807, 2.05) is 19.3 Å². The Bertz CT molecular complexity index is 338. The van der Waals surface area contributed by atoms with Crippen LogP contribution in [-0.2, 0) is 18.2 Å². The van der Waals surface area contributed by atoms with Gasteiger partial charge in [-0.2, -0.15) is 5.10 Å².